The normalized spacial score (nSPS) is 15.3. The molecule has 13 heteroatoms. The molecule has 2 aromatic rings. The van der Waals surface area contributed by atoms with Gasteiger partial charge in [0.05, 0.1) is 40.9 Å². The van der Waals surface area contributed by atoms with Crippen molar-refractivity contribution in [3.05, 3.63) is 65.2 Å². The van der Waals surface area contributed by atoms with Crippen molar-refractivity contribution in [3.63, 3.8) is 0 Å². The summed E-state index contributed by atoms with van der Waals surface area (Å²) >= 11 is 1.41. The molecule has 258 valence electrons. The summed E-state index contributed by atoms with van der Waals surface area (Å²) in [7, 11) is 3.24. The van der Waals surface area contributed by atoms with Crippen LogP contribution in [0.4, 0.5) is 5.69 Å². The van der Waals surface area contributed by atoms with Gasteiger partial charge in [-0.25, -0.2) is 4.57 Å². The Morgan fingerprint density at radius 2 is 1.68 bits per heavy atom. The number of hydrogen-bond acceptors (Lipinski definition) is 7. The number of carbonyl (C=O) groups is 3. The summed E-state index contributed by atoms with van der Waals surface area (Å²) < 4.78 is 15.7. The van der Waals surface area contributed by atoms with Gasteiger partial charge in [-0.2, -0.15) is 0 Å². The molecule has 1 heterocycles. The maximum absolute atomic E-state index is 13.5. The fourth-order valence-electron chi connectivity index (χ4n) is 5.18. The molecule has 3 N–H and O–H groups in total. The molecule has 0 aromatic heterocycles. The van der Waals surface area contributed by atoms with E-state index in [0.29, 0.717) is 38.2 Å². The average molecular weight is 816 g/mol. The van der Waals surface area contributed by atoms with Crippen LogP contribution in [0, 0.1) is 0 Å². The number of amides is 3. The zero-order chi connectivity index (χ0) is 34.3. The monoisotopic (exact) mass is 815 g/mol. The predicted octanol–water partition coefficient (Wildman–Crippen LogP) is 8.16. The number of nitrogens with zero attached hydrogens (tertiary/aromatic N) is 1. The van der Waals surface area contributed by atoms with Crippen molar-refractivity contribution in [1.29, 1.82) is 0 Å². The largest absolute Gasteiger partial charge is 0.386 e. The van der Waals surface area contributed by atoms with Crippen LogP contribution in [0.5, 0.6) is 0 Å². The summed E-state index contributed by atoms with van der Waals surface area (Å²) in [6.45, 7) is 7.98. The molecular weight excluding hydrogens is 768 g/mol. The SMILES string of the molecule is CC/C1=C/c2ccccc2CN(C(=O)CCC(=O)NCCSSC(C)(C)CC(=O)NCCCCCCOP(=O)(O)I)c2ccccc21. The number of hydrogen-bond donors (Lipinski definition) is 3. The van der Waals surface area contributed by atoms with Gasteiger partial charge < -0.3 is 25.0 Å². The van der Waals surface area contributed by atoms with Crippen molar-refractivity contribution >= 4 is 83.9 Å². The third kappa shape index (κ3) is 14.7. The fraction of sp³-hybridized carbons (Fsp3) is 0.500. The van der Waals surface area contributed by atoms with E-state index >= 15 is 0 Å². The first kappa shape index (κ1) is 39.6. The van der Waals surface area contributed by atoms with Crippen molar-refractivity contribution in [3.8, 4) is 0 Å². The first-order valence-electron chi connectivity index (χ1n) is 16.1. The molecule has 0 radical (unpaired) electrons. The second-order valence-electron chi connectivity index (χ2n) is 12.0. The lowest BCUT2D eigenvalue weighted by atomic mass is 9.93. The van der Waals surface area contributed by atoms with E-state index in [1.807, 2.05) is 49.1 Å². The van der Waals surface area contributed by atoms with Gasteiger partial charge in [0, 0.05) is 48.4 Å². The highest BCUT2D eigenvalue weighted by Crippen LogP contribution is 2.51. The molecule has 1 unspecified atom stereocenters. The number of para-hydroxylation sites is 1. The lowest BCUT2D eigenvalue weighted by molar-refractivity contribution is -0.125. The molecule has 3 amide bonds. The highest BCUT2D eigenvalue weighted by Gasteiger charge is 2.25. The highest BCUT2D eigenvalue weighted by molar-refractivity contribution is 14.2. The highest BCUT2D eigenvalue weighted by atomic mass is 127. The number of halogens is 1. The Balaban J connectivity index is 1.34. The molecular formula is C34H47IN3O6PS2. The Labute approximate surface area is 300 Å². The predicted molar refractivity (Wildman–Crippen MR) is 204 cm³/mol. The van der Waals surface area contributed by atoms with Crippen LogP contribution in [0.15, 0.2) is 48.5 Å². The minimum absolute atomic E-state index is 0.00335. The third-order valence-corrected chi connectivity index (χ3v) is 12.2. The smallest absolute Gasteiger partial charge is 0.356 e. The summed E-state index contributed by atoms with van der Waals surface area (Å²) in [5, 5.41) is 2.47. The Kier molecular flexibility index (Phi) is 16.8. The molecule has 0 saturated carbocycles. The molecule has 0 saturated heterocycles. The van der Waals surface area contributed by atoms with Crippen molar-refractivity contribution in [2.75, 3.05) is 30.3 Å². The summed E-state index contributed by atoms with van der Waals surface area (Å²) in [6, 6.07) is 16.1. The Morgan fingerprint density at radius 1 is 0.979 bits per heavy atom. The number of rotatable bonds is 19. The molecule has 0 fully saturated rings. The van der Waals surface area contributed by atoms with Gasteiger partial charge in [0.1, 0.15) is 0 Å². The van der Waals surface area contributed by atoms with Gasteiger partial charge >= 0.3 is 5.24 Å². The van der Waals surface area contributed by atoms with E-state index in [2.05, 4.69) is 41.8 Å². The molecule has 0 spiro atoms. The fourth-order valence-corrected chi connectivity index (χ4v) is 8.53. The Hall–Kier alpha value is -1.83. The molecule has 1 aliphatic rings. The van der Waals surface area contributed by atoms with Crippen molar-refractivity contribution in [1.82, 2.24) is 10.6 Å². The third-order valence-electron chi connectivity index (χ3n) is 7.52. The number of anilines is 1. The van der Waals surface area contributed by atoms with Gasteiger partial charge in [0.2, 0.25) is 17.7 Å². The first-order chi connectivity index (χ1) is 22.4. The lowest BCUT2D eigenvalue weighted by Crippen LogP contribution is -2.33. The molecule has 47 heavy (non-hydrogen) atoms. The minimum atomic E-state index is -3.43. The van der Waals surface area contributed by atoms with E-state index < -0.39 is 5.24 Å². The van der Waals surface area contributed by atoms with Crippen molar-refractivity contribution in [2.45, 2.75) is 83.4 Å². The van der Waals surface area contributed by atoms with Crippen LogP contribution in [0.3, 0.4) is 0 Å². The van der Waals surface area contributed by atoms with Crippen LogP contribution in [0.1, 0.15) is 88.8 Å². The van der Waals surface area contributed by atoms with Crippen LogP contribution in [0.25, 0.3) is 11.6 Å². The van der Waals surface area contributed by atoms with Crippen LogP contribution < -0.4 is 15.5 Å². The number of allylic oxidation sites excluding steroid dienone is 1. The van der Waals surface area contributed by atoms with Gasteiger partial charge in [-0.1, -0.05) is 89.9 Å². The zero-order valence-electron chi connectivity index (χ0n) is 27.5. The molecule has 2 aromatic carbocycles. The number of benzene rings is 2. The van der Waals surface area contributed by atoms with E-state index in [0.717, 1.165) is 48.1 Å². The van der Waals surface area contributed by atoms with Crippen LogP contribution >= 0.6 is 48.9 Å². The van der Waals surface area contributed by atoms with Gasteiger partial charge in [-0.05, 0) is 55.9 Å². The van der Waals surface area contributed by atoms with E-state index in [1.165, 1.54) is 27.6 Å². The van der Waals surface area contributed by atoms with Crippen LogP contribution in [-0.4, -0.2) is 52.8 Å². The quantitative estimate of drug-likeness (QED) is 0.0562. The lowest BCUT2D eigenvalue weighted by Gasteiger charge is -2.29. The van der Waals surface area contributed by atoms with Gasteiger partial charge in [0.15, 0.2) is 0 Å². The topological polar surface area (TPSA) is 125 Å². The number of nitrogens with one attached hydrogen (secondary N) is 2. The minimum Gasteiger partial charge on any atom is -0.356 e. The molecule has 0 bridgehead atoms. The molecule has 9 nitrogen and oxygen atoms in total. The number of carbonyl (C=O) groups excluding carboxylic acids is 3. The maximum atomic E-state index is 13.5. The summed E-state index contributed by atoms with van der Waals surface area (Å²) in [6.07, 6.45) is 7.02. The first-order valence-corrected chi connectivity index (χ1v) is 22.8. The van der Waals surface area contributed by atoms with E-state index in [4.69, 9.17) is 9.42 Å². The molecule has 1 aliphatic heterocycles. The number of fused-ring (bicyclic) bond motifs is 2. The van der Waals surface area contributed by atoms with Crippen LogP contribution in [0.2, 0.25) is 0 Å². The van der Waals surface area contributed by atoms with E-state index in [-0.39, 0.29) is 41.9 Å². The van der Waals surface area contributed by atoms with Crippen molar-refractivity contribution < 1.29 is 28.4 Å². The zero-order valence-corrected chi connectivity index (χ0v) is 32.2. The molecule has 0 aliphatic carbocycles. The molecule has 3 rings (SSSR count). The van der Waals surface area contributed by atoms with Crippen LogP contribution in [-0.2, 0) is 30.0 Å². The van der Waals surface area contributed by atoms with Gasteiger partial charge in [-0.3, -0.25) is 14.4 Å². The summed E-state index contributed by atoms with van der Waals surface area (Å²) in [5.74, 6) is 0.461. The second kappa shape index (κ2) is 20.0. The van der Waals surface area contributed by atoms with Gasteiger partial charge in [-0.15, -0.1) is 0 Å². The second-order valence-corrected chi connectivity index (χ2v) is 19.9. The summed E-state index contributed by atoms with van der Waals surface area (Å²) in [5.41, 5.74) is 5.29. The molecule has 1 atom stereocenters. The number of unbranched alkanes of at least 4 members (excludes halogenated alkanes) is 3. The van der Waals surface area contributed by atoms with E-state index in [1.54, 1.807) is 21.6 Å². The Morgan fingerprint density at radius 3 is 2.45 bits per heavy atom. The standard InChI is InChI=1S/C34H47IN3O6PS2/c1-4-26-23-27-13-7-8-14-28(27)25-38(30-16-10-9-15-29(26)30)33(41)18-17-31(39)37-20-22-46-47-34(2,3)24-32(40)36-19-11-5-6-12-21-44-45(35,42)43/h7-10,13-16,23H,4-6,11-12,17-22,24-25H2,1-3H3,(H,36,40)(H,37,39)(H,42,43)/b26-23-. The maximum Gasteiger partial charge on any atom is 0.386 e. The Bertz CT molecular complexity index is 1430. The average Bonchev–Trinajstić information content (AvgIpc) is 3.01. The summed E-state index contributed by atoms with van der Waals surface area (Å²) in [4.78, 5) is 49.5. The van der Waals surface area contributed by atoms with E-state index in [9.17, 15) is 18.9 Å². The van der Waals surface area contributed by atoms with Gasteiger partial charge in [0.25, 0.3) is 0 Å². The van der Waals surface area contributed by atoms with Crippen molar-refractivity contribution in [2.24, 2.45) is 0 Å².